The van der Waals surface area contributed by atoms with Gasteiger partial charge in [-0.1, -0.05) is 0 Å². The van der Waals surface area contributed by atoms with E-state index in [4.69, 9.17) is 5.26 Å². The van der Waals surface area contributed by atoms with Gasteiger partial charge >= 0.3 is 0 Å². The molecule has 0 bridgehead atoms. The summed E-state index contributed by atoms with van der Waals surface area (Å²) in [6.45, 7) is 1.69. The van der Waals surface area contributed by atoms with Crippen LogP contribution in [0.15, 0.2) is 0 Å². The predicted molar refractivity (Wildman–Crippen MR) is 36.4 cm³/mol. The smallest absolute Gasteiger partial charge is 0.291 e. The summed E-state index contributed by atoms with van der Waals surface area (Å²) in [6.07, 6.45) is 0. The highest BCUT2D eigenvalue weighted by atomic mass is 16.2. The fourth-order valence-electron chi connectivity index (χ4n) is 1.11. The summed E-state index contributed by atoms with van der Waals surface area (Å²) in [5, 5.41) is 8.58. The highest BCUT2D eigenvalue weighted by Gasteiger charge is 2.47. The van der Waals surface area contributed by atoms with Gasteiger partial charge in [0.1, 0.15) is 5.41 Å². The molecule has 0 aromatic rings. The molecule has 0 spiro atoms. The first-order chi connectivity index (χ1) is 5.01. The highest BCUT2D eigenvalue weighted by molar-refractivity contribution is 6.40. The van der Waals surface area contributed by atoms with Crippen molar-refractivity contribution in [2.45, 2.75) is 6.92 Å². The minimum Gasteiger partial charge on any atom is -0.337 e. The molecule has 0 aromatic carbocycles. The molecule has 0 aromatic heterocycles. The molecular weight excluding hydrogens is 144 g/mol. The first kappa shape index (κ1) is 7.73. The first-order valence-corrected chi connectivity index (χ1v) is 3.22. The van der Waals surface area contributed by atoms with Gasteiger partial charge in [-0.05, 0) is 6.92 Å². The number of likely N-dealkylation sites (N-methyl/N-ethyl adjacent to an activating group) is 1. The Balaban J connectivity index is 3.03. The zero-order valence-corrected chi connectivity index (χ0v) is 6.42. The zero-order chi connectivity index (χ0) is 8.65. The normalized spacial score (nSPS) is 30.8. The van der Waals surface area contributed by atoms with Crippen molar-refractivity contribution in [3.05, 3.63) is 0 Å². The molecule has 58 valence electrons. The molecule has 1 aliphatic rings. The summed E-state index contributed by atoms with van der Waals surface area (Å²) >= 11 is 0. The van der Waals surface area contributed by atoms with Crippen molar-refractivity contribution >= 4 is 11.7 Å². The number of amides is 1. The molecule has 1 amide bonds. The lowest BCUT2D eigenvalue weighted by Crippen LogP contribution is -2.25. The van der Waals surface area contributed by atoms with Crippen molar-refractivity contribution in [2.24, 2.45) is 5.41 Å². The Labute approximate surface area is 64.4 Å². The van der Waals surface area contributed by atoms with Crippen LogP contribution in [0.5, 0.6) is 0 Å². The monoisotopic (exact) mass is 152 g/mol. The van der Waals surface area contributed by atoms with Crippen LogP contribution in [0.2, 0.25) is 0 Å². The largest absolute Gasteiger partial charge is 0.337 e. The van der Waals surface area contributed by atoms with Crippen molar-refractivity contribution in [1.29, 1.82) is 5.26 Å². The van der Waals surface area contributed by atoms with E-state index in [0.717, 1.165) is 0 Å². The van der Waals surface area contributed by atoms with Gasteiger partial charge in [0.25, 0.3) is 5.91 Å². The second-order valence-corrected chi connectivity index (χ2v) is 2.93. The van der Waals surface area contributed by atoms with Crippen molar-refractivity contribution < 1.29 is 9.59 Å². The van der Waals surface area contributed by atoms with Gasteiger partial charge in [0.05, 0.1) is 6.07 Å². The van der Waals surface area contributed by atoms with Gasteiger partial charge in [-0.15, -0.1) is 0 Å². The molecule has 1 heterocycles. The number of nitriles is 1. The number of hydrogen-bond donors (Lipinski definition) is 0. The fourth-order valence-corrected chi connectivity index (χ4v) is 1.11. The van der Waals surface area contributed by atoms with Crippen molar-refractivity contribution in [2.75, 3.05) is 13.6 Å². The minimum atomic E-state index is -1.12. The van der Waals surface area contributed by atoms with Crippen LogP contribution in [0.25, 0.3) is 0 Å². The van der Waals surface area contributed by atoms with Gasteiger partial charge < -0.3 is 4.90 Å². The standard InChI is InChI=1S/C7H8N2O2/c1-7(3-8)4-9(2)6(11)5(7)10/h4H2,1-2H3. The summed E-state index contributed by atoms with van der Waals surface area (Å²) in [6, 6.07) is 1.84. The van der Waals surface area contributed by atoms with Crippen molar-refractivity contribution in [3.63, 3.8) is 0 Å². The van der Waals surface area contributed by atoms with Crippen LogP contribution < -0.4 is 0 Å². The van der Waals surface area contributed by atoms with E-state index in [-0.39, 0.29) is 6.54 Å². The number of ketones is 1. The van der Waals surface area contributed by atoms with E-state index in [1.165, 1.54) is 18.9 Å². The van der Waals surface area contributed by atoms with Crippen LogP contribution in [-0.4, -0.2) is 30.2 Å². The number of rotatable bonds is 0. The molecule has 1 aliphatic heterocycles. The van der Waals surface area contributed by atoms with Gasteiger partial charge in [0, 0.05) is 13.6 Å². The molecule has 4 heteroatoms. The Kier molecular flexibility index (Phi) is 1.45. The second kappa shape index (κ2) is 2.06. The molecule has 11 heavy (non-hydrogen) atoms. The van der Waals surface area contributed by atoms with Gasteiger partial charge in [0.2, 0.25) is 5.78 Å². The number of hydrogen-bond acceptors (Lipinski definition) is 3. The van der Waals surface area contributed by atoms with E-state index in [1.54, 1.807) is 0 Å². The van der Waals surface area contributed by atoms with Crippen molar-refractivity contribution in [1.82, 2.24) is 4.90 Å². The van der Waals surface area contributed by atoms with E-state index in [9.17, 15) is 9.59 Å². The lowest BCUT2D eigenvalue weighted by molar-refractivity contribution is -0.140. The summed E-state index contributed by atoms with van der Waals surface area (Å²) < 4.78 is 0. The predicted octanol–water partition coefficient (Wildman–Crippen LogP) is -0.443. The van der Waals surface area contributed by atoms with E-state index < -0.39 is 17.1 Å². The molecule has 1 atom stereocenters. The first-order valence-electron chi connectivity index (χ1n) is 3.22. The maximum absolute atomic E-state index is 11.1. The maximum atomic E-state index is 11.1. The maximum Gasteiger partial charge on any atom is 0.291 e. The molecule has 0 aliphatic carbocycles. The lowest BCUT2D eigenvalue weighted by atomic mass is 9.91. The van der Waals surface area contributed by atoms with E-state index in [2.05, 4.69) is 0 Å². The van der Waals surface area contributed by atoms with E-state index in [1.807, 2.05) is 6.07 Å². The Bertz CT molecular complexity index is 266. The summed E-state index contributed by atoms with van der Waals surface area (Å²) in [5.41, 5.74) is -1.12. The Morgan fingerprint density at radius 2 is 2.18 bits per heavy atom. The summed E-state index contributed by atoms with van der Waals surface area (Å²) in [4.78, 5) is 23.2. The SMILES string of the molecule is CN1CC(C)(C#N)C(=O)C1=O. The van der Waals surface area contributed by atoms with E-state index in [0.29, 0.717) is 0 Å². The van der Waals surface area contributed by atoms with Gasteiger partial charge in [0.15, 0.2) is 0 Å². The van der Waals surface area contributed by atoms with Gasteiger partial charge in [-0.2, -0.15) is 5.26 Å². The molecule has 0 N–H and O–H groups in total. The van der Waals surface area contributed by atoms with Crippen molar-refractivity contribution in [3.8, 4) is 6.07 Å². The molecule has 1 fully saturated rings. The molecule has 1 rings (SSSR count). The van der Waals surface area contributed by atoms with Gasteiger partial charge in [-0.25, -0.2) is 0 Å². The third-order valence-electron chi connectivity index (χ3n) is 1.84. The van der Waals surface area contributed by atoms with Crippen LogP contribution in [0.4, 0.5) is 0 Å². The Hall–Kier alpha value is -1.37. The third kappa shape index (κ3) is 0.891. The van der Waals surface area contributed by atoms with Crippen LogP contribution in [0, 0.1) is 16.7 Å². The number of carbonyl (C=O) groups excluding carboxylic acids is 2. The van der Waals surface area contributed by atoms with Crippen LogP contribution in [0.1, 0.15) is 6.92 Å². The average Bonchev–Trinajstić information content (AvgIpc) is 2.17. The van der Waals surface area contributed by atoms with Crippen LogP contribution in [0.3, 0.4) is 0 Å². The molecule has 1 saturated heterocycles. The van der Waals surface area contributed by atoms with Crippen LogP contribution in [-0.2, 0) is 9.59 Å². The molecular formula is C7H8N2O2. The van der Waals surface area contributed by atoms with Crippen LogP contribution >= 0.6 is 0 Å². The minimum absolute atomic E-state index is 0.209. The third-order valence-corrected chi connectivity index (χ3v) is 1.84. The molecule has 0 saturated carbocycles. The fraction of sp³-hybridized carbons (Fsp3) is 0.571. The molecule has 0 radical (unpaired) electrons. The number of carbonyl (C=O) groups is 2. The highest BCUT2D eigenvalue weighted by Crippen LogP contribution is 2.24. The topological polar surface area (TPSA) is 61.2 Å². The number of nitrogens with zero attached hydrogens (tertiary/aromatic N) is 2. The average molecular weight is 152 g/mol. The summed E-state index contributed by atoms with van der Waals surface area (Å²) in [5.74, 6) is -1.16. The van der Waals surface area contributed by atoms with Gasteiger partial charge in [-0.3, -0.25) is 9.59 Å². The number of likely N-dealkylation sites (tertiary alicyclic amines) is 1. The quantitative estimate of drug-likeness (QED) is 0.442. The summed E-state index contributed by atoms with van der Waals surface area (Å²) in [7, 11) is 1.52. The zero-order valence-electron chi connectivity index (χ0n) is 6.42. The lowest BCUT2D eigenvalue weighted by Gasteiger charge is -2.09. The molecule has 1 unspecified atom stereocenters. The van der Waals surface area contributed by atoms with E-state index >= 15 is 0 Å². The molecule has 4 nitrogen and oxygen atoms in total. The number of Topliss-reactive ketones (excluding diaryl/α,β-unsaturated/α-hetero) is 1. The second-order valence-electron chi connectivity index (χ2n) is 2.93. The Morgan fingerprint density at radius 1 is 1.64 bits per heavy atom. The Morgan fingerprint density at radius 3 is 2.36 bits per heavy atom.